The minimum Gasteiger partial charge on any atom is -0.0843 e. The Kier molecular flexibility index (Phi) is 2.07. The Morgan fingerprint density at radius 3 is 2.42 bits per heavy atom. The molecule has 0 aromatic heterocycles. The zero-order valence-corrected chi connectivity index (χ0v) is 8.56. The van der Waals surface area contributed by atoms with Gasteiger partial charge in [-0.25, -0.2) is 0 Å². The molecule has 0 bridgehead atoms. The number of benzene rings is 2. The first-order valence-electron chi connectivity index (χ1n) is 3.60. The molecule has 0 saturated heterocycles. The van der Waals surface area contributed by atoms with E-state index < -0.39 is 0 Å². The summed E-state index contributed by atoms with van der Waals surface area (Å²) < 4.78 is 1.09. The second-order valence-corrected chi connectivity index (χ2v) is 3.99. The van der Waals surface area contributed by atoms with Gasteiger partial charge in [0.1, 0.15) is 0 Å². The molecular weight excluding hydrogens is 235 g/mol. The fraction of sp³-hybridized carbons (Fsp3) is 0. The minimum atomic E-state index is 0.782. The maximum Gasteiger partial charge on any atom is 0.0412 e. The topological polar surface area (TPSA) is 0 Å². The van der Waals surface area contributed by atoms with Crippen molar-refractivity contribution in [1.29, 1.82) is 0 Å². The van der Waals surface area contributed by atoms with Gasteiger partial charge in [-0.1, -0.05) is 39.7 Å². The van der Waals surface area contributed by atoms with Gasteiger partial charge in [-0.05, 0) is 35.0 Å². The maximum atomic E-state index is 5.85. The molecule has 12 heavy (non-hydrogen) atoms. The molecule has 0 N–H and O–H groups in total. The van der Waals surface area contributed by atoms with Crippen LogP contribution in [0.4, 0.5) is 0 Å². The lowest BCUT2D eigenvalue weighted by molar-refractivity contribution is 1.70. The molecule has 60 valence electrons. The smallest absolute Gasteiger partial charge is 0.0412 e. The molecule has 0 aliphatic rings. The lowest BCUT2D eigenvalue weighted by Crippen LogP contribution is -1.72. The van der Waals surface area contributed by atoms with Crippen molar-refractivity contribution in [3.8, 4) is 0 Å². The van der Waals surface area contributed by atoms with Gasteiger partial charge in [-0.15, -0.1) is 0 Å². The van der Waals surface area contributed by atoms with E-state index in [1.54, 1.807) is 0 Å². The Morgan fingerprint density at radius 2 is 1.58 bits per heavy atom. The molecule has 2 rings (SSSR count). The molecule has 0 aliphatic heterocycles. The van der Waals surface area contributed by atoms with Crippen LogP contribution in [0.2, 0.25) is 5.02 Å². The van der Waals surface area contributed by atoms with Gasteiger partial charge in [0.2, 0.25) is 0 Å². The Hall–Kier alpha value is -0.530. The highest BCUT2D eigenvalue weighted by molar-refractivity contribution is 9.10. The van der Waals surface area contributed by atoms with Crippen LogP contribution in [-0.4, -0.2) is 0 Å². The van der Waals surface area contributed by atoms with Crippen LogP contribution in [0.5, 0.6) is 0 Å². The zero-order chi connectivity index (χ0) is 8.55. The van der Waals surface area contributed by atoms with Gasteiger partial charge < -0.3 is 0 Å². The van der Waals surface area contributed by atoms with Crippen molar-refractivity contribution in [3.05, 3.63) is 45.9 Å². The third-order valence-corrected chi connectivity index (χ3v) is 2.49. The third-order valence-electron chi connectivity index (χ3n) is 1.76. The largest absolute Gasteiger partial charge is 0.0843 e. The predicted octanol–water partition coefficient (Wildman–Crippen LogP) is 4.26. The SMILES string of the molecule is Clc1ccc2cc(Br)ccc2c1. The first-order chi connectivity index (χ1) is 5.75. The van der Waals surface area contributed by atoms with Crippen LogP contribution in [0.25, 0.3) is 10.8 Å². The van der Waals surface area contributed by atoms with Gasteiger partial charge in [0, 0.05) is 9.50 Å². The highest BCUT2D eigenvalue weighted by atomic mass is 79.9. The summed E-state index contributed by atoms with van der Waals surface area (Å²) in [6.45, 7) is 0. The standard InChI is InChI=1S/C10H6BrCl/c11-9-3-1-8-6-10(12)4-2-7(8)5-9/h1-6H. The van der Waals surface area contributed by atoms with Crippen LogP contribution < -0.4 is 0 Å². The number of rotatable bonds is 0. The van der Waals surface area contributed by atoms with E-state index in [1.165, 1.54) is 10.8 Å². The molecular formula is C10H6BrCl. The summed E-state index contributed by atoms with van der Waals surface area (Å²) in [4.78, 5) is 0. The molecule has 0 unspecified atom stereocenters. The number of fused-ring (bicyclic) bond motifs is 1. The second-order valence-electron chi connectivity index (χ2n) is 2.64. The highest BCUT2D eigenvalue weighted by Crippen LogP contribution is 2.22. The van der Waals surface area contributed by atoms with Crippen LogP contribution in [0.3, 0.4) is 0 Å². The first-order valence-corrected chi connectivity index (χ1v) is 4.77. The van der Waals surface area contributed by atoms with Gasteiger partial charge in [0.05, 0.1) is 0 Å². The molecule has 0 radical (unpaired) electrons. The average Bonchev–Trinajstić information content (AvgIpc) is 2.05. The number of hydrogen-bond donors (Lipinski definition) is 0. The quantitative estimate of drug-likeness (QED) is 0.647. The summed E-state index contributed by atoms with van der Waals surface area (Å²) in [6, 6.07) is 12.0. The van der Waals surface area contributed by atoms with Crippen molar-refractivity contribution in [1.82, 2.24) is 0 Å². The van der Waals surface area contributed by atoms with Gasteiger partial charge >= 0.3 is 0 Å². The Balaban J connectivity index is 2.79. The molecule has 0 amide bonds. The summed E-state index contributed by atoms with van der Waals surface area (Å²) in [5.41, 5.74) is 0. The normalized spacial score (nSPS) is 10.5. The molecule has 0 nitrogen and oxygen atoms in total. The van der Waals surface area contributed by atoms with E-state index in [-0.39, 0.29) is 0 Å². The Labute approximate surface area is 84.3 Å². The van der Waals surface area contributed by atoms with E-state index in [1.807, 2.05) is 30.3 Å². The average molecular weight is 242 g/mol. The van der Waals surface area contributed by atoms with Crippen molar-refractivity contribution in [2.75, 3.05) is 0 Å². The number of hydrogen-bond acceptors (Lipinski definition) is 0. The predicted molar refractivity (Wildman–Crippen MR) is 56.7 cm³/mol. The van der Waals surface area contributed by atoms with Crippen LogP contribution in [0, 0.1) is 0 Å². The summed E-state index contributed by atoms with van der Waals surface area (Å²) in [7, 11) is 0. The molecule has 0 saturated carbocycles. The van der Waals surface area contributed by atoms with Gasteiger partial charge in [-0.2, -0.15) is 0 Å². The molecule has 0 aliphatic carbocycles. The van der Waals surface area contributed by atoms with E-state index in [0.717, 1.165) is 9.50 Å². The summed E-state index contributed by atoms with van der Waals surface area (Å²) in [5, 5.41) is 3.16. The van der Waals surface area contributed by atoms with E-state index in [4.69, 9.17) is 11.6 Å². The van der Waals surface area contributed by atoms with Crippen LogP contribution in [0.15, 0.2) is 40.9 Å². The van der Waals surface area contributed by atoms with Crippen molar-refractivity contribution in [2.45, 2.75) is 0 Å². The van der Waals surface area contributed by atoms with Crippen LogP contribution in [0.1, 0.15) is 0 Å². The number of halogens is 2. The van der Waals surface area contributed by atoms with Crippen molar-refractivity contribution < 1.29 is 0 Å². The van der Waals surface area contributed by atoms with E-state index >= 15 is 0 Å². The lowest BCUT2D eigenvalue weighted by atomic mass is 10.1. The molecule has 0 heterocycles. The van der Waals surface area contributed by atoms with Gasteiger partial charge in [0.25, 0.3) is 0 Å². The molecule has 2 aromatic carbocycles. The Bertz CT molecular complexity index is 382. The fourth-order valence-electron chi connectivity index (χ4n) is 1.19. The highest BCUT2D eigenvalue weighted by Gasteiger charge is 1.94. The third kappa shape index (κ3) is 1.47. The van der Waals surface area contributed by atoms with E-state index in [9.17, 15) is 0 Å². The lowest BCUT2D eigenvalue weighted by Gasteiger charge is -1.98. The summed E-state index contributed by atoms with van der Waals surface area (Å²) in [5.74, 6) is 0. The summed E-state index contributed by atoms with van der Waals surface area (Å²) in [6.07, 6.45) is 0. The van der Waals surface area contributed by atoms with Gasteiger partial charge in [-0.3, -0.25) is 0 Å². The monoisotopic (exact) mass is 240 g/mol. The second kappa shape index (κ2) is 3.08. The summed E-state index contributed by atoms with van der Waals surface area (Å²) >= 11 is 9.26. The fourth-order valence-corrected chi connectivity index (χ4v) is 1.75. The van der Waals surface area contributed by atoms with E-state index in [0.29, 0.717) is 0 Å². The van der Waals surface area contributed by atoms with E-state index in [2.05, 4.69) is 22.0 Å². The molecule has 0 fully saturated rings. The Morgan fingerprint density at radius 1 is 0.917 bits per heavy atom. The first kappa shape index (κ1) is 8.09. The van der Waals surface area contributed by atoms with Crippen LogP contribution in [-0.2, 0) is 0 Å². The molecule has 0 atom stereocenters. The maximum absolute atomic E-state index is 5.85. The van der Waals surface area contributed by atoms with Crippen LogP contribution >= 0.6 is 27.5 Å². The molecule has 2 aromatic rings. The van der Waals surface area contributed by atoms with Crippen molar-refractivity contribution >= 4 is 38.3 Å². The van der Waals surface area contributed by atoms with Crippen molar-refractivity contribution in [2.24, 2.45) is 0 Å². The van der Waals surface area contributed by atoms with Gasteiger partial charge in [0.15, 0.2) is 0 Å². The minimum absolute atomic E-state index is 0.782. The zero-order valence-electron chi connectivity index (χ0n) is 6.22. The molecule has 0 spiro atoms. The molecule has 2 heteroatoms. The van der Waals surface area contributed by atoms with Crippen molar-refractivity contribution in [3.63, 3.8) is 0 Å².